The van der Waals surface area contributed by atoms with Crippen molar-refractivity contribution < 1.29 is 38.4 Å². The fourth-order valence-corrected chi connectivity index (χ4v) is 7.36. The van der Waals surface area contributed by atoms with Gasteiger partial charge in [0.1, 0.15) is 48.3 Å². The molecule has 1 aromatic carbocycles. The molecule has 2 rings (SSSR count). The van der Waals surface area contributed by atoms with Crippen molar-refractivity contribution in [2.45, 2.75) is 176 Å². The molecule has 1 aliphatic rings. The van der Waals surface area contributed by atoms with Crippen LogP contribution < -0.4 is 48.3 Å². The van der Waals surface area contributed by atoms with Crippen LogP contribution in [0.2, 0.25) is 0 Å². The van der Waals surface area contributed by atoms with E-state index in [0.29, 0.717) is 38.6 Å². The topological polar surface area (TPSA) is 259 Å². The lowest BCUT2D eigenvalue weighted by atomic mass is 9.95. The summed E-state index contributed by atoms with van der Waals surface area (Å²) >= 11 is 0. The highest BCUT2D eigenvalue weighted by Gasteiger charge is 2.38. The van der Waals surface area contributed by atoms with Gasteiger partial charge in [-0.1, -0.05) is 119 Å². The Balaban J connectivity index is 2.78. The first-order chi connectivity index (χ1) is 30.2. The number of nitrogens with two attached hydrogens (primary N) is 1. The van der Waals surface area contributed by atoms with Crippen LogP contribution in [-0.2, 0) is 44.8 Å². The lowest BCUT2D eigenvalue weighted by Crippen LogP contribution is -2.63. The zero-order valence-electron chi connectivity index (χ0n) is 40.1. The molecule has 17 nitrogen and oxygen atoms in total. The Bertz CT molecular complexity index is 1710. The molecule has 0 aromatic heterocycles. The molecule has 1 fully saturated rings. The zero-order chi connectivity index (χ0) is 48.3. The summed E-state index contributed by atoms with van der Waals surface area (Å²) in [7, 11) is 0. The van der Waals surface area contributed by atoms with E-state index in [4.69, 9.17) is 5.73 Å². The molecule has 17 heteroatoms. The standard InChI is InChI=1S/C47H79N9O8/c1-12-28(8)37-45(62)49-31(11)40(57)54-38(29(9)13-2)46(63)52-34(24-26(4)5)42(59)51-35(25-32-20-16-15-17-21-32)43(60)56-39(30(10)14-3)47(64)53-36(27(6)7)44(61)50-33(41(58)55-37)22-18-19-23-48/h15-17,20-21,26-31,33-39H,12-14,18-19,22-25,48H2,1-11H3,(H,49,62)(H,50,61)(H,51,59)(H,52,63)(H,53,64)(H,54,57)(H,55,58)(H,56,60)/t28?,29-,30-,31+,33+,34+,35+,36-,37?,38-,39-/m0/s1. The number of hydrogen-bond donors (Lipinski definition) is 9. The summed E-state index contributed by atoms with van der Waals surface area (Å²) in [6.07, 6.45) is 2.87. The Kier molecular flexibility index (Phi) is 23.5. The Labute approximate surface area is 380 Å². The average molecular weight is 898 g/mol. The van der Waals surface area contributed by atoms with Crippen LogP contribution in [0.3, 0.4) is 0 Å². The first-order valence-corrected chi connectivity index (χ1v) is 23.4. The summed E-state index contributed by atoms with van der Waals surface area (Å²) in [6.45, 7) is 20.0. The third-order valence-electron chi connectivity index (χ3n) is 12.2. The van der Waals surface area contributed by atoms with Gasteiger partial charge in [0.05, 0.1) is 0 Å². The lowest BCUT2D eigenvalue weighted by Gasteiger charge is -2.32. The summed E-state index contributed by atoms with van der Waals surface area (Å²) in [6, 6.07) is -0.0549. The van der Waals surface area contributed by atoms with Crippen molar-refractivity contribution in [3.05, 3.63) is 35.9 Å². The van der Waals surface area contributed by atoms with Gasteiger partial charge in [0.15, 0.2) is 0 Å². The minimum absolute atomic E-state index is 0.0489. The van der Waals surface area contributed by atoms with Crippen LogP contribution in [0.25, 0.3) is 0 Å². The summed E-state index contributed by atoms with van der Waals surface area (Å²) in [5.74, 6) is -6.89. The van der Waals surface area contributed by atoms with E-state index in [1.54, 1.807) is 58.9 Å². The van der Waals surface area contributed by atoms with E-state index in [9.17, 15) is 38.4 Å². The summed E-state index contributed by atoms with van der Waals surface area (Å²) in [5, 5.41) is 22.5. The largest absolute Gasteiger partial charge is 0.343 e. The Morgan fingerprint density at radius 2 is 0.891 bits per heavy atom. The predicted octanol–water partition coefficient (Wildman–Crippen LogP) is 2.11. The molecule has 2 unspecified atom stereocenters. The molecule has 0 radical (unpaired) electrons. The third kappa shape index (κ3) is 17.1. The quantitative estimate of drug-likeness (QED) is 0.117. The number of nitrogens with one attached hydrogen (secondary N) is 8. The Morgan fingerprint density at radius 1 is 0.484 bits per heavy atom. The molecule has 1 aliphatic heterocycles. The van der Waals surface area contributed by atoms with Gasteiger partial charge in [-0.05, 0) is 74.3 Å². The van der Waals surface area contributed by atoms with Crippen LogP contribution in [0.4, 0.5) is 0 Å². The van der Waals surface area contributed by atoms with Gasteiger partial charge in [-0.15, -0.1) is 0 Å². The fraction of sp³-hybridized carbons (Fsp3) is 0.702. The highest BCUT2D eigenvalue weighted by atomic mass is 16.2. The minimum atomic E-state index is -1.20. The average Bonchev–Trinajstić information content (AvgIpc) is 3.25. The van der Waals surface area contributed by atoms with Crippen molar-refractivity contribution >= 4 is 47.3 Å². The van der Waals surface area contributed by atoms with E-state index in [1.165, 1.54) is 6.92 Å². The SMILES string of the molecule is CCC(C)C1NC(=O)[C@@H](CCCCN)NC(=O)[C@H](C(C)C)NC(=O)[C@H]([C@@H](C)CC)NC(=O)[C@@H](Cc2ccccc2)NC(=O)[C@@H](CC(C)C)NC(=O)[C@H]([C@@H](C)CC)NC(=O)[C@@H](C)NC1=O. The van der Waals surface area contributed by atoms with Gasteiger partial charge >= 0.3 is 0 Å². The van der Waals surface area contributed by atoms with Gasteiger partial charge in [0.25, 0.3) is 0 Å². The van der Waals surface area contributed by atoms with Crippen LogP contribution in [0.1, 0.15) is 127 Å². The molecule has 0 saturated carbocycles. The molecule has 0 aliphatic carbocycles. The number of unbranched alkanes of at least 4 members (excludes halogenated alkanes) is 1. The number of hydrogen-bond acceptors (Lipinski definition) is 9. The summed E-state index contributed by atoms with van der Waals surface area (Å²) < 4.78 is 0. The van der Waals surface area contributed by atoms with Gasteiger partial charge in [-0.2, -0.15) is 0 Å². The second-order valence-corrected chi connectivity index (χ2v) is 18.4. The summed E-state index contributed by atoms with van der Waals surface area (Å²) in [5.41, 5.74) is 6.49. The monoisotopic (exact) mass is 898 g/mol. The van der Waals surface area contributed by atoms with Gasteiger partial charge in [0, 0.05) is 6.42 Å². The lowest BCUT2D eigenvalue weighted by molar-refractivity contribution is -0.138. The molecule has 8 amide bonds. The fourth-order valence-electron chi connectivity index (χ4n) is 7.36. The van der Waals surface area contributed by atoms with E-state index in [1.807, 2.05) is 40.7 Å². The van der Waals surface area contributed by atoms with Crippen molar-refractivity contribution in [3.63, 3.8) is 0 Å². The van der Waals surface area contributed by atoms with E-state index in [2.05, 4.69) is 42.5 Å². The molecule has 11 atom stereocenters. The van der Waals surface area contributed by atoms with E-state index < -0.39 is 119 Å². The molecule has 1 heterocycles. The zero-order valence-corrected chi connectivity index (χ0v) is 40.1. The molecule has 0 bridgehead atoms. The van der Waals surface area contributed by atoms with Crippen LogP contribution in [0, 0.1) is 29.6 Å². The van der Waals surface area contributed by atoms with Crippen molar-refractivity contribution in [2.24, 2.45) is 35.3 Å². The Morgan fingerprint density at radius 3 is 1.38 bits per heavy atom. The van der Waals surface area contributed by atoms with Crippen LogP contribution in [0.15, 0.2) is 30.3 Å². The highest BCUT2D eigenvalue weighted by molar-refractivity contribution is 5.99. The minimum Gasteiger partial charge on any atom is -0.343 e. The Hall–Kier alpha value is -5.06. The maximum atomic E-state index is 14.4. The van der Waals surface area contributed by atoms with Crippen LogP contribution in [-0.4, -0.2) is 102 Å². The maximum absolute atomic E-state index is 14.4. The maximum Gasteiger partial charge on any atom is 0.243 e. The predicted molar refractivity (Wildman–Crippen MR) is 247 cm³/mol. The number of amides is 8. The van der Waals surface area contributed by atoms with Gasteiger partial charge in [-0.3, -0.25) is 38.4 Å². The second-order valence-electron chi connectivity index (χ2n) is 18.4. The van der Waals surface area contributed by atoms with Crippen LogP contribution in [0.5, 0.6) is 0 Å². The third-order valence-corrected chi connectivity index (χ3v) is 12.2. The molecule has 360 valence electrons. The second kappa shape index (κ2) is 27.3. The number of benzene rings is 1. The van der Waals surface area contributed by atoms with Crippen molar-refractivity contribution in [1.82, 2.24) is 42.5 Å². The molecule has 1 saturated heterocycles. The van der Waals surface area contributed by atoms with Crippen LogP contribution >= 0.6 is 0 Å². The van der Waals surface area contributed by atoms with E-state index >= 15 is 0 Å². The normalized spacial score (nSPS) is 26.8. The number of rotatable bonds is 15. The first kappa shape index (κ1) is 55.1. The molecule has 64 heavy (non-hydrogen) atoms. The molecule has 10 N–H and O–H groups in total. The highest BCUT2D eigenvalue weighted by Crippen LogP contribution is 2.16. The van der Waals surface area contributed by atoms with Crippen molar-refractivity contribution in [2.75, 3.05) is 6.54 Å². The van der Waals surface area contributed by atoms with Gasteiger partial charge < -0.3 is 48.3 Å². The molecular formula is C47H79N9O8. The number of carbonyl (C=O) groups is 8. The van der Waals surface area contributed by atoms with E-state index in [0.717, 1.165) is 5.56 Å². The molecule has 0 spiro atoms. The molecular weight excluding hydrogens is 819 g/mol. The van der Waals surface area contributed by atoms with Gasteiger partial charge in [-0.25, -0.2) is 0 Å². The first-order valence-electron chi connectivity index (χ1n) is 23.4. The number of carbonyl (C=O) groups excluding carboxylic acids is 8. The van der Waals surface area contributed by atoms with E-state index in [-0.39, 0.29) is 25.2 Å². The molecule has 1 aromatic rings. The van der Waals surface area contributed by atoms with Gasteiger partial charge in [0.2, 0.25) is 47.3 Å². The van der Waals surface area contributed by atoms with Crippen molar-refractivity contribution in [1.29, 1.82) is 0 Å². The van der Waals surface area contributed by atoms with Crippen molar-refractivity contribution in [3.8, 4) is 0 Å². The summed E-state index contributed by atoms with van der Waals surface area (Å²) in [4.78, 5) is 113. The smallest absolute Gasteiger partial charge is 0.243 e.